The van der Waals surface area contributed by atoms with Gasteiger partial charge in [-0.2, -0.15) is 0 Å². The van der Waals surface area contributed by atoms with Gasteiger partial charge >= 0.3 is 0 Å². The maximum atomic E-state index is 11.0. The van der Waals surface area contributed by atoms with E-state index in [4.69, 9.17) is 0 Å². The van der Waals surface area contributed by atoms with Gasteiger partial charge in [0.05, 0.1) is 6.04 Å². The Morgan fingerprint density at radius 2 is 1.82 bits per heavy atom. The van der Waals surface area contributed by atoms with Crippen LogP contribution in [0.5, 0.6) is 0 Å². The number of piperazine rings is 1. The van der Waals surface area contributed by atoms with E-state index in [0.717, 1.165) is 32.3 Å². The van der Waals surface area contributed by atoms with Crippen molar-refractivity contribution in [1.82, 2.24) is 14.7 Å². The van der Waals surface area contributed by atoms with E-state index in [1.807, 2.05) is 0 Å². The summed E-state index contributed by atoms with van der Waals surface area (Å²) in [6.45, 7) is 8.00. The van der Waals surface area contributed by atoms with E-state index in [-0.39, 0.29) is 6.04 Å². The zero-order valence-electron chi connectivity index (χ0n) is 11.0. The van der Waals surface area contributed by atoms with Crippen LogP contribution in [0.1, 0.15) is 19.3 Å². The molecule has 2 aliphatic rings. The van der Waals surface area contributed by atoms with Gasteiger partial charge in [0.1, 0.15) is 6.29 Å². The van der Waals surface area contributed by atoms with Gasteiger partial charge in [-0.3, -0.25) is 9.80 Å². The molecule has 1 unspecified atom stereocenters. The number of nitrogens with zero attached hydrogens (tertiary/aromatic N) is 3. The second-order valence-corrected chi connectivity index (χ2v) is 5.38. The summed E-state index contributed by atoms with van der Waals surface area (Å²) in [5.74, 6) is 0. The van der Waals surface area contributed by atoms with Crippen molar-refractivity contribution in [2.45, 2.75) is 25.3 Å². The molecule has 98 valence electrons. The molecule has 2 aliphatic heterocycles. The molecule has 0 aliphatic carbocycles. The minimum absolute atomic E-state index is 0.191. The van der Waals surface area contributed by atoms with E-state index in [1.54, 1.807) is 0 Å². The molecular weight excluding hydrogens is 214 g/mol. The maximum Gasteiger partial charge on any atom is 0.137 e. The summed E-state index contributed by atoms with van der Waals surface area (Å²) in [4.78, 5) is 18.3. The smallest absolute Gasteiger partial charge is 0.137 e. The molecule has 0 aromatic rings. The molecule has 0 N–H and O–H groups in total. The lowest BCUT2D eigenvalue weighted by atomic mass is 10.0. The lowest BCUT2D eigenvalue weighted by Gasteiger charge is -2.36. The number of hydrogen-bond donors (Lipinski definition) is 0. The quantitative estimate of drug-likeness (QED) is 0.659. The first-order valence-electron chi connectivity index (χ1n) is 6.90. The number of carbonyl (C=O) groups is 1. The highest BCUT2D eigenvalue weighted by Crippen LogP contribution is 2.15. The molecule has 0 radical (unpaired) electrons. The normalized spacial score (nSPS) is 29.4. The van der Waals surface area contributed by atoms with Crippen LogP contribution in [0, 0.1) is 0 Å². The minimum Gasteiger partial charge on any atom is -0.304 e. The highest BCUT2D eigenvalue weighted by atomic mass is 16.1. The summed E-state index contributed by atoms with van der Waals surface area (Å²) >= 11 is 0. The molecule has 0 bridgehead atoms. The Morgan fingerprint density at radius 3 is 2.53 bits per heavy atom. The van der Waals surface area contributed by atoms with E-state index in [9.17, 15) is 4.79 Å². The minimum atomic E-state index is 0.191. The molecule has 0 amide bonds. The van der Waals surface area contributed by atoms with Gasteiger partial charge in [0, 0.05) is 39.3 Å². The highest BCUT2D eigenvalue weighted by Gasteiger charge is 2.22. The predicted octanol–water partition coefficient (Wildman–Crippen LogP) is 0.287. The molecule has 2 fully saturated rings. The van der Waals surface area contributed by atoms with Crippen LogP contribution in [0.15, 0.2) is 0 Å². The number of likely N-dealkylation sites (tertiary alicyclic amines) is 1. The largest absolute Gasteiger partial charge is 0.304 e. The van der Waals surface area contributed by atoms with E-state index in [2.05, 4.69) is 21.7 Å². The van der Waals surface area contributed by atoms with Crippen LogP contribution >= 0.6 is 0 Å². The zero-order chi connectivity index (χ0) is 12.1. The van der Waals surface area contributed by atoms with Gasteiger partial charge in [-0.1, -0.05) is 6.42 Å². The Bertz CT molecular complexity index is 239. The maximum absolute atomic E-state index is 11.0. The number of rotatable bonds is 4. The summed E-state index contributed by atoms with van der Waals surface area (Å²) in [6, 6.07) is 0.191. The van der Waals surface area contributed by atoms with Gasteiger partial charge in [-0.05, 0) is 26.4 Å². The second-order valence-electron chi connectivity index (χ2n) is 5.38. The number of carbonyl (C=O) groups excluding carboxylic acids is 1. The standard InChI is InChI=1S/C13H25N3O/c1-14-6-8-15(9-7-14)10-11-16-5-3-2-4-13(16)12-17/h12-13H,2-11H2,1H3. The van der Waals surface area contributed by atoms with E-state index in [0.29, 0.717) is 0 Å². The fourth-order valence-corrected chi connectivity index (χ4v) is 2.79. The summed E-state index contributed by atoms with van der Waals surface area (Å²) in [5.41, 5.74) is 0. The summed E-state index contributed by atoms with van der Waals surface area (Å²) in [5, 5.41) is 0. The van der Waals surface area contributed by atoms with Crippen molar-refractivity contribution in [3.63, 3.8) is 0 Å². The highest BCUT2D eigenvalue weighted by molar-refractivity contribution is 5.57. The van der Waals surface area contributed by atoms with E-state index >= 15 is 0 Å². The number of hydrogen-bond acceptors (Lipinski definition) is 4. The molecule has 0 spiro atoms. The van der Waals surface area contributed by atoms with Crippen LogP contribution in [-0.2, 0) is 4.79 Å². The van der Waals surface area contributed by atoms with Gasteiger partial charge < -0.3 is 9.69 Å². The predicted molar refractivity (Wildman–Crippen MR) is 69.2 cm³/mol. The van der Waals surface area contributed by atoms with Crippen molar-refractivity contribution >= 4 is 6.29 Å². The van der Waals surface area contributed by atoms with E-state index in [1.165, 1.54) is 39.0 Å². The third kappa shape index (κ3) is 3.76. The molecule has 4 heteroatoms. The second kappa shape index (κ2) is 6.47. The number of aldehydes is 1. The van der Waals surface area contributed by atoms with Crippen LogP contribution < -0.4 is 0 Å². The van der Waals surface area contributed by atoms with Gasteiger partial charge in [0.25, 0.3) is 0 Å². The first-order valence-corrected chi connectivity index (χ1v) is 6.90. The Balaban J connectivity index is 1.71. The molecular formula is C13H25N3O. The van der Waals surface area contributed by atoms with Crippen molar-refractivity contribution < 1.29 is 4.79 Å². The van der Waals surface area contributed by atoms with Crippen molar-refractivity contribution in [2.24, 2.45) is 0 Å². The van der Waals surface area contributed by atoms with Gasteiger partial charge in [-0.25, -0.2) is 0 Å². The molecule has 0 saturated carbocycles. The topological polar surface area (TPSA) is 26.8 Å². The average molecular weight is 239 g/mol. The Hall–Kier alpha value is -0.450. The molecule has 17 heavy (non-hydrogen) atoms. The van der Waals surface area contributed by atoms with Crippen molar-refractivity contribution in [3.8, 4) is 0 Å². The molecule has 2 saturated heterocycles. The molecule has 1 atom stereocenters. The molecule has 4 nitrogen and oxygen atoms in total. The Morgan fingerprint density at radius 1 is 1.06 bits per heavy atom. The van der Waals surface area contributed by atoms with Crippen molar-refractivity contribution in [1.29, 1.82) is 0 Å². The van der Waals surface area contributed by atoms with Crippen LogP contribution in [0.25, 0.3) is 0 Å². The monoisotopic (exact) mass is 239 g/mol. The molecule has 2 rings (SSSR count). The molecule has 2 heterocycles. The fourth-order valence-electron chi connectivity index (χ4n) is 2.79. The number of piperidine rings is 1. The third-order valence-corrected chi connectivity index (χ3v) is 4.12. The summed E-state index contributed by atoms with van der Waals surface area (Å²) in [7, 11) is 2.18. The van der Waals surface area contributed by atoms with Crippen molar-refractivity contribution in [3.05, 3.63) is 0 Å². The fraction of sp³-hybridized carbons (Fsp3) is 0.923. The average Bonchev–Trinajstić information content (AvgIpc) is 2.38. The lowest BCUT2D eigenvalue weighted by molar-refractivity contribution is -0.113. The van der Waals surface area contributed by atoms with Crippen molar-refractivity contribution in [2.75, 3.05) is 52.9 Å². The van der Waals surface area contributed by atoms with Crippen LogP contribution in [-0.4, -0.2) is 79.9 Å². The Kier molecular flexibility index (Phi) is 4.95. The summed E-state index contributed by atoms with van der Waals surface area (Å²) in [6.07, 6.45) is 4.68. The Labute approximate surface area is 105 Å². The van der Waals surface area contributed by atoms with Crippen LogP contribution in [0.2, 0.25) is 0 Å². The van der Waals surface area contributed by atoms with Gasteiger partial charge in [-0.15, -0.1) is 0 Å². The first-order chi connectivity index (χ1) is 8.29. The number of likely N-dealkylation sites (N-methyl/N-ethyl adjacent to an activating group) is 1. The zero-order valence-corrected chi connectivity index (χ0v) is 11.0. The van der Waals surface area contributed by atoms with Crippen LogP contribution in [0.4, 0.5) is 0 Å². The molecule has 0 aromatic heterocycles. The summed E-state index contributed by atoms with van der Waals surface area (Å²) < 4.78 is 0. The SMILES string of the molecule is CN1CCN(CCN2CCCCC2C=O)CC1. The third-order valence-electron chi connectivity index (χ3n) is 4.12. The molecule has 0 aromatic carbocycles. The first kappa shape index (κ1) is 13.0. The van der Waals surface area contributed by atoms with Crippen LogP contribution in [0.3, 0.4) is 0 Å². The van der Waals surface area contributed by atoms with Gasteiger partial charge in [0.2, 0.25) is 0 Å². The lowest BCUT2D eigenvalue weighted by Crippen LogP contribution is -2.49. The van der Waals surface area contributed by atoms with Gasteiger partial charge in [0.15, 0.2) is 0 Å². The van der Waals surface area contributed by atoms with E-state index < -0.39 is 0 Å².